The Kier molecular flexibility index (Phi) is 2.40. The highest BCUT2D eigenvalue weighted by atomic mass is 16.4. The van der Waals surface area contributed by atoms with Gasteiger partial charge in [0.1, 0.15) is 6.04 Å². The van der Waals surface area contributed by atoms with Crippen LogP contribution in [-0.2, 0) is 4.79 Å². The molecule has 18 heavy (non-hydrogen) atoms. The SMILES string of the molecule is O=C(O)C1NNNC1c1ccc2oc(=O)[nH]c2c1. The quantitative estimate of drug-likeness (QED) is 0.474. The molecule has 94 valence electrons. The fourth-order valence-electron chi connectivity index (χ4n) is 2.01. The molecule has 2 heterocycles. The van der Waals surface area contributed by atoms with Gasteiger partial charge < -0.3 is 9.52 Å². The summed E-state index contributed by atoms with van der Waals surface area (Å²) >= 11 is 0. The lowest BCUT2D eigenvalue weighted by Crippen LogP contribution is -2.38. The summed E-state index contributed by atoms with van der Waals surface area (Å²) in [7, 11) is 0. The minimum absolute atomic E-state index is 0.439. The monoisotopic (exact) mass is 250 g/mol. The molecule has 8 nitrogen and oxygen atoms in total. The van der Waals surface area contributed by atoms with E-state index < -0.39 is 23.8 Å². The number of H-pyrrole nitrogens is 1. The van der Waals surface area contributed by atoms with Crippen molar-refractivity contribution in [2.24, 2.45) is 0 Å². The number of hydrogen-bond donors (Lipinski definition) is 5. The summed E-state index contributed by atoms with van der Waals surface area (Å²) in [5, 5.41) is 9.04. The summed E-state index contributed by atoms with van der Waals surface area (Å²) in [6, 6.07) is 3.79. The van der Waals surface area contributed by atoms with Crippen molar-refractivity contribution in [1.82, 2.24) is 21.4 Å². The van der Waals surface area contributed by atoms with Gasteiger partial charge in [0.15, 0.2) is 5.58 Å². The van der Waals surface area contributed by atoms with Gasteiger partial charge in [0.25, 0.3) is 0 Å². The van der Waals surface area contributed by atoms with Gasteiger partial charge in [0.05, 0.1) is 11.6 Å². The number of hydrogen-bond acceptors (Lipinski definition) is 6. The molecule has 1 fully saturated rings. The number of aromatic nitrogens is 1. The Labute approximate surface area is 99.9 Å². The molecule has 0 bridgehead atoms. The summed E-state index contributed by atoms with van der Waals surface area (Å²) in [4.78, 5) is 24.6. The molecule has 0 saturated carbocycles. The zero-order valence-electron chi connectivity index (χ0n) is 9.06. The van der Waals surface area contributed by atoms with Crippen LogP contribution < -0.4 is 22.1 Å². The molecule has 0 aliphatic carbocycles. The number of hydrazine groups is 2. The van der Waals surface area contributed by atoms with Crippen molar-refractivity contribution < 1.29 is 14.3 Å². The number of rotatable bonds is 2. The maximum absolute atomic E-state index is 11.0. The minimum Gasteiger partial charge on any atom is -0.480 e. The fourth-order valence-corrected chi connectivity index (χ4v) is 2.01. The number of nitrogens with one attached hydrogen (secondary N) is 4. The Morgan fingerprint density at radius 2 is 2.17 bits per heavy atom. The van der Waals surface area contributed by atoms with E-state index in [0.29, 0.717) is 11.1 Å². The summed E-state index contributed by atoms with van der Waals surface area (Å²) in [5.74, 6) is -1.51. The molecule has 1 aromatic heterocycles. The highest BCUT2D eigenvalue weighted by Gasteiger charge is 2.33. The maximum atomic E-state index is 11.0. The molecule has 2 atom stereocenters. The van der Waals surface area contributed by atoms with E-state index in [9.17, 15) is 9.59 Å². The van der Waals surface area contributed by atoms with Gasteiger partial charge >= 0.3 is 11.7 Å². The van der Waals surface area contributed by atoms with Crippen LogP contribution in [0.3, 0.4) is 0 Å². The first-order valence-electron chi connectivity index (χ1n) is 5.27. The molecule has 1 aliphatic rings. The van der Waals surface area contributed by atoms with Crippen LogP contribution in [0.2, 0.25) is 0 Å². The third-order valence-electron chi connectivity index (χ3n) is 2.86. The van der Waals surface area contributed by atoms with Crippen molar-refractivity contribution in [3.8, 4) is 0 Å². The van der Waals surface area contributed by atoms with Crippen molar-refractivity contribution in [3.63, 3.8) is 0 Å². The molecule has 1 aromatic carbocycles. The summed E-state index contributed by atoms with van der Waals surface area (Å²) in [6.07, 6.45) is 0. The predicted octanol–water partition coefficient (Wildman–Crippen LogP) is -0.772. The zero-order valence-corrected chi connectivity index (χ0v) is 9.06. The Morgan fingerprint density at radius 1 is 1.33 bits per heavy atom. The molecule has 1 saturated heterocycles. The first-order valence-corrected chi connectivity index (χ1v) is 5.27. The van der Waals surface area contributed by atoms with Crippen molar-refractivity contribution in [2.45, 2.75) is 12.1 Å². The van der Waals surface area contributed by atoms with E-state index >= 15 is 0 Å². The molecule has 5 N–H and O–H groups in total. The van der Waals surface area contributed by atoms with Crippen LogP contribution in [0.1, 0.15) is 11.6 Å². The summed E-state index contributed by atoms with van der Waals surface area (Å²) < 4.78 is 4.88. The lowest BCUT2D eigenvalue weighted by molar-refractivity contribution is -0.139. The van der Waals surface area contributed by atoms with E-state index in [1.165, 1.54) is 0 Å². The molecule has 2 unspecified atom stereocenters. The predicted molar refractivity (Wildman–Crippen MR) is 60.4 cm³/mol. The molecular weight excluding hydrogens is 240 g/mol. The van der Waals surface area contributed by atoms with Gasteiger partial charge in [-0.25, -0.2) is 15.6 Å². The van der Waals surface area contributed by atoms with Gasteiger partial charge in [-0.2, -0.15) is 5.53 Å². The summed E-state index contributed by atoms with van der Waals surface area (Å²) in [6.45, 7) is 0. The fraction of sp³-hybridized carbons (Fsp3) is 0.200. The van der Waals surface area contributed by atoms with Gasteiger partial charge in [0.2, 0.25) is 0 Å². The third kappa shape index (κ3) is 1.68. The second-order valence-corrected chi connectivity index (χ2v) is 3.98. The zero-order chi connectivity index (χ0) is 12.7. The smallest absolute Gasteiger partial charge is 0.417 e. The van der Waals surface area contributed by atoms with E-state index in [0.717, 1.165) is 5.56 Å². The van der Waals surface area contributed by atoms with Crippen LogP contribution in [0.25, 0.3) is 11.1 Å². The van der Waals surface area contributed by atoms with Crippen molar-refractivity contribution >= 4 is 17.1 Å². The number of carboxylic acid groups (broad SMARTS) is 1. The second kappa shape index (κ2) is 3.95. The van der Waals surface area contributed by atoms with E-state index in [4.69, 9.17) is 9.52 Å². The maximum Gasteiger partial charge on any atom is 0.417 e. The Balaban J connectivity index is 2.03. The average Bonchev–Trinajstić information content (AvgIpc) is 2.91. The van der Waals surface area contributed by atoms with Crippen LogP contribution in [0.5, 0.6) is 0 Å². The van der Waals surface area contributed by atoms with E-state index in [-0.39, 0.29) is 0 Å². The highest BCUT2D eigenvalue weighted by molar-refractivity contribution is 5.77. The van der Waals surface area contributed by atoms with Crippen molar-refractivity contribution in [2.75, 3.05) is 0 Å². The Bertz CT molecular complexity index is 661. The van der Waals surface area contributed by atoms with Crippen LogP contribution >= 0.6 is 0 Å². The Morgan fingerprint density at radius 3 is 2.94 bits per heavy atom. The van der Waals surface area contributed by atoms with Crippen LogP contribution in [0, 0.1) is 0 Å². The topological polar surface area (TPSA) is 119 Å². The first kappa shape index (κ1) is 11.0. The molecule has 3 rings (SSSR count). The molecule has 1 aliphatic heterocycles. The molecule has 0 spiro atoms. The standard InChI is InChI=1S/C10H10N4O4/c15-9(16)8-7(12-14-13-8)4-1-2-6-5(3-4)11-10(17)18-6/h1-3,7-8,12-14H,(H,11,17)(H,15,16). The lowest BCUT2D eigenvalue weighted by Gasteiger charge is -2.14. The van der Waals surface area contributed by atoms with E-state index in [2.05, 4.69) is 21.4 Å². The van der Waals surface area contributed by atoms with Crippen molar-refractivity contribution in [1.29, 1.82) is 0 Å². The van der Waals surface area contributed by atoms with Gasteiger partial charge in [-0.3, -0.25) is 9.78 Å². The van der Waals surface area contributed by atoms with Crippen LogP contribution in [-0.4, -0.2) is 22.1 Å². The van der Waals surface area contributed by atoms with Crippen LogP contribution in [0.4, 0.5) is 0 Å². The van der Waals surface area contributed by atoms with Crippen molar-refractivity contribution in [3.05, 3.63) is 34.3 Å². The van der Waals surface area contributed by atoms with E-state index in [1.807, 2.05) is 0 Å². The Hall–Kier alpha value is -2.16. The molecule has 8 heteroatoms. The van der Waals surface area contributed by atoms with E-state index in [1.54, 1.807) is 18.2 Å². The molecule has 0 amide bonds. The number of oxazole rings is 1. The normalized spacial score (nSPS) is 23.6. The van der Waals surface area contributed by atoms with Gasteiger partial charge in [-0.15, -0.1) is 0 Å². The number of benzene rings is 1. The second-order valence-electron chi connectivity index (χ2n) is 3.98. The number of aliphatic carboxylic acids is 1. The molecular formula is C10H10N4O4. The largest absolute Gasteiger partial charge is 0.480 e. The lowest BCUT2D eigenvalue weighted by atomic mass is 10.0. The number of aromatic amines is 1. The van der Waals surface area contributed by atoms with Gasteiger partial charge in [0, 0.05) is 0 Å². The number of carbonyl (C=O) groups is 1. The van der Waals surface area contributed by atoms with Gasteiger partial charge in [-0.05, 0) is 17.7 Å². The first-order chi connectivity index (χ1) is 8.65. The highest BCUT2D eigenvalue weighted by Crippen LogP contribution is 2.22. The average molecular weight is 250 g/mol. The van der Waals surface area contributed by atoms with Crippen LogP contribution in [0.15, 0.2) is 27.4 Å². The number of fused-ring (bicyclic) bond motifs is 1. The molecule has 2 aromatic rings. The summed E-state index contributed by atoms with van der Waals surface area (Å²) in [5.41, 5.74) is 9.70. The minimum atomic E-state index is -0.974. The van der Waals surface area contributed by atoms with Gasteiger partial charge in [-0.1, -0.05) is 6.07 Å². The number of carboxylic acids is 1. The molecule has 0 radical (unpaired) electrons. The third-order valence-corrected chi connectivity index (χ3v) is 2.86.